The zero-order chi connectivity index (χ0) is 8.97. The average Bonchev–Trinajstić information content (AvgIpc) is 2.03. The quantitative estimate of drug-likeness (QED) is 0.757. The first-order valence-electron chi connectivity index (χ1n) is 3.45. The second-order valence-corrected chi connectivity index (χ2v) is 2.16. The van der Waals surface area contributed by atoms with Crippen LogP contribution in [0.15, 0.2) is 24.3 Å². The summed E-state index contributed by atoms with van der Waals surface area (Å²) in [4.78, 5) is 0. The van der Waals surface area contributed by atoms with E-state index in [0.717, 1.165) is 5.69 Å². The molecule has 4 heteroatoms. The first-order valence-corrected chi connectivity index (χ1v) is 3.45. The number of ether oxygens (including phenoxy) is 1. The Morgan fingerprint density at radius 1 is 1.42 bits per heavy atom. The molecule has 1 rings (SSSR count). The van der Waals surface area contributed by atoms with Crippen LogP contribution >= 0.6 is 0 Å². The van der Waals surface area contributed by atoms with Gasteiger partial charge in [-0.1, -0.05) is 6.07 Å². The molecule has 0 unspecified atom stereocenters. The van der Waals surface area contributed by atoms with Crippen LogP contribution in [-0.2, 0) is 0 Å². The van der Waals surface area contributed by atoms with Crippen molar-refractivity contribution in [3.8, 4) is 5.75 Å². The maximum Gasteiger partial charge on any atom is 0.387 e. The Labute approximate surface area is 69.2 Å². The fraction of sp³-hybridized carbons (Fsp3) is 0.250. The molecule has 0 heterocycles. The fourth-order valence-corrected chi connectivity index (χ4v) is 0.828. The predicted octanol–water partition coefficient (Wildman–Crippen LogP) is 2.33. The minimum absolute atomic E-state index is 0.164. The van der Waals surface area contributed by atoms with E-state index in [-0.39, 0.29) is 5.75 Å². The maximum atomic E-state index is 11.7. The van der Waals surface area contributed by atoms with Gasteiger partial charge in [-0.05, 0) is 12.1 Å². The SMILES string of the molecule is CNc1cccc(OC(F)F)c1. The second kappa shape index (κ2) is 3.90. The number of halogens is 2. The van der Waals surface area contributed by atoms with Gasteiger partial charge in [-0.25, -0.2) is 0 Å². The number of benzene rings is 1. The van der Waals surface area contributed by atoms with Crippen LogP contribution in [0.25, 0.3) is 0 Å². The highest BCUT2D eigenvalue weighted by Crippen LogP contribution is 2.18. The summed E-state index contributed by atoms with van der Waals surface area (Å²) in [7, 11) is 1.71. The van der Waals surface area contributed by atoms with E-state index in [2.05, 4.69) is 10.1 Å². The predicted molar refractivity (Wildman–Crippen MR) is 42.6 cm³/mol. The van der Waals surface area contributed by atoms with Crippen molar-refractivity contribution in [3.05, 3.63) is 24.3 Å². The average molecular weight is 173 g/mol. The number of hydrogen-bond donors (Lipinski definition) is 1. The van der Waals surface area contributed by atoms with Crippen molar-refractivity contribution in [1.82, 2.24) is 0 Å². The highest BCUT2D eigenvalue weighted by Gasteiger charge is 2.03. The van der Waals surface area contributed by atoms with E-state index in [1.165, 1.54) is 12.1 Å². The molecule has 2 nitrogen and oxygen atoms in total. The molecule has 0 fully saturated rings. The second-order valence-electron chi connectivity index (χ2n) is 2.16. The molecule has 0 radical (unpaired) electrons. The van der Waals surface area contributed by atoms with Gasteiger partial charge in [0.05, 0.1) is 0 Å². The van der Waals surface area contributed by atoms with Gasteiger partial charge in [-0.2, -0.15) is 8.78 Å². The van der Waals surface area contributed by atoms with E-state index in [1.807, 2.05) is 0 Å². The van der Waals surface area contributed by atoms with E-state index in [4.69, 9.17) is 0 Å². The lowest BCUT2D eigenvalue weighted by atomic mass is 10.3. The first kappa shape index (κ1) is 8.77. The summed E-state index contributed by atoms with van der Waals surface area (Å²) >= 11 is 0. The smallest absolute Gasteiger partial charge is 0.387 e. The van der Waals surface area contributed by atoms with Gasteiger partial charge >= 0.3 is 6.61 Å². The molecule has 0 atom stereocenters. The standard InChI is InChI=1S/C8H9F2NO/c1-11-6-3-2-4-7(5-6)12-8(9)10/h2-5,8,11H,1H3. The lowest BCUT2D eigenvalue weighted by Gasteiger charge is -2.05. The van der Waals surface area contributed by atoms with E-state index >= 15 is 0 Å². The van der Waals surface area contributed by atoms with Crippen LogP contribution in [-0.4, -0.2) is 13.7 Å². The van der Waals surface area contributed by atoms with Crippen LogP contribution in [0.3, 0.4) is 0 Å². The van der Waals surface area contributed by atoms with Crippen molar-refractivity contribution in [1.29, 1.82) is 0 Å². The summed E-state index contributed by atoms with van der Waals surface area (Å²) in [6, 6.07) is 6.39. The molecule has 66 valence electrons. The lowest BCUT2D eigenvalue weighted by molar-refractivity contribution is -0.0497. The lowest BCUT2D eigenvalue weighted by Crippen LogP contribution is -2.01. The molecule has 0 aromatic heterocycles. The molecule has 0 aliphatic rings. The molecule has 1 N–H and O–H groups in total. The van der Waals surface area contributed by atoms with E-state index < -0.39 is 6.61 Å². The molecule has 0 aliphatic carbocycles. The van der Waals surface area contributed by atoms with Crippen LogP contribution in [0.2, 0.25) is 0 Å². The van der Waals surface area contributed by atoms with Gasteiger partial charge in [0.1, 0.15) is 5.75 Å². The van der Waals surface area contributed by atoms with Gasteiger partial charge in [0, 0.05) is 18.8 Å². The maximum absolute atomic E-state index is 11.7. The Morgan fingerprint density at radius 3 is 2.75 bits per heavy atom. The van der Waals surface area contributed by atoms with E-state index in [1.54, 1.807) is 19.2 Å². The van der Waals surface area contributed by atoms with Crippen LogP contribution in [0.5, 0.6) is 5.75 Å². The van der Waals surface area contributed by atoms with Gasteiger partial charge in [-0.15, -0.1) is 0 Å². The van der Waals surface area contributed by atoms with E-state index in [9.17, 15) is 8.78 Å². The third kappa shape index (κ3) is 2.38. The third-order valence-electron chi connectivity index (χ3n) is 1.35. The summed E-state index contributed by atoms with van der Waals surface area (Å²) in [5, 5.41) is 2.82. The van der Waals surface area contributed by atoms with Crippen LogP contribution in [0, 0.1) is 0 Å². The molecule has 0 saturated heterocycles. The van der Waals surface area contributed by atoms with E-state index in [0.29, 0.717) is 0 Å². The summed E-state index contributed by atoms with van der Waals surface area (Å²) in [5.74, 6) is 0.164. The van der Waals surface area contributed by atoms with Gasteiger partial charge in [0.25, 0.3) is 0 Å². The third-order valence-corrected chi connectivity index (χ3v) is 1.35. The molecule has 1 aromatic carbocycles. The molecular weight excluding hydrogens is 164 g/mol. The molecular formula is C8H9F2NO. The van der Waals surface area contributed by atoms with Crippen molar-refractivity contribution in [2.45, 2.75) is 6.61 Å². The highest BCUT2D eigenvalue weighted by molar-refractivity contribution is 5.47. The summed E-state index contributed by atoms with van der Waals surface area (Å²) in [6.45, 7) is -2.77. The van der Waals surface area contributed by atoms with Gasteiger partial charge in [-0.3, -0.25) is 0 Å². The van der Waals surface area contributed by atoms with Crippen LogP contribution < -0.4 is 10.1 Å². The molecule has 0 amide bonds. The van der Waals surface area contributed by atoms with Gasteiger partial charge in [0.2, 0.25) is 0 Å². The number of alkyl halides is 2. The summed E-state index contributed by atoms with van der Waals surface area (Å²) in [6.07, 6.45) is 0. The molecule has 0 spiro atoms. The van der Waals surface area contributed by atoms with Crippen LogP contribution in [0.1, 0.15) is 0 Å². The summed E-state index contributed by atoms with van der Waals surface area (Å²) < 4.78 is 27.6. The van der Waals surface area contributed by atoms with Crippen molar-refractivity contribution in [2.75, 3.05) is 12.4 Å². The number of nitrogens with one attached hydrogen (secondary N) is 1. The van der Waals surface area contributed by atoms with Crippen molar-refractivity contribution in [2.24, 2.45) is 0 Å². The highest BCUT2D eigenvalue weighted by atomic mass is 19.3. The number of hydrogen-bond acceptors (Lipinski definition) is 2. The molecule has 0 aliphatic heterocycles. The molecule has 1 aromatic rings. The Kier molecular flexibility index (Phi) is 2.85. The Morgan fingerprint density at radius 2 is 2.17 bits per heavy atom. The molecule has 12 heavy (non-hydrogen) atoms. The van der Waals surface area contributed by atoms with Crippen molar-refractivity contribution < 1.29 is 13.5 Å². The van der Waals surface area contributed by atoms with Gasteiger partial charge < -0.3 is 10.1 Å². The number of anilines is 1. The largest absolute Gasteiger partial charge is 0.435 e. The minimum atomic E-state index is -2.77. The molecule has 0 saturated carbocycles. The first-order chi connectivity index (χ1) is 5.72. The monoisotopic (exact) mass is 173 g/mol. The van der Waals surface area contributed by atoms with Gasteiger partial charge in [0.15, 0.2) is 0 Å². The van der Waals surface area contributed by atoms with Crippen molar-refractivity contribution >= 4 is 5.69 Å². The topological polar surface area (TPSA) is 21.3 Å². The minimum Gasteiger partial charge on any atom is -0.435 e. The molecule has 0 bridgehead atoms. The Bertz CT molecular complexity index is 253. The zero-order valence-electron chi connectivity index (χ0n) is 6.55. The fourth-order valence-electron chi connectivity index (χ4n) is 0.828. The van der Waals surface area contributed by atoms with Crippen LogP contribution in [0.4, 0.5) is 14.5 Å². The Hall–Kier alpha value is -1.32. The Balaban J connectivity index is 2.72. The summed E-state index contributed by atoms with van der Waals surface area (Å²) in [5.41, 5.74) is 0.744. The van der Waals surface area contributed by atoms with Crippen molar-refractivity contribution in [3.63, 3.8) is 0 Å². The normalized spacial score (nSPS) is 10.0. The zero-order valence-corrected chi connectivity index (χ0v) is 6.55. The number of rotatable bonds is 3.